The monoisotopic (exact) mass is 398 g/mol. The Hall–Kier alpha value is -3.64. The van der Waals surface area contributed by atoms with E-state index >= 15 is 0 Å². The summed E-state index contributed by atoms with van der Waals surface area (Å²) in [5.74, 6) is 0.270. The number of aliphatic imine (C=N–C) groups is 1. The van der Waals surface area contributed by atoms with Gasteiger partial charge in [-0.2, -0.15) is 0 Å². The molecule has 0 saturated carbocycles. The van der Waals surface area contributed by atoms with Crippen LogP contribution in [0.25, 0.3) is 0 Å². The van der Waals surface area contributed by atoms with Crippen molar-refractivity contribution < 1.29 is 9.53 Å². The number of amidine groups is 1. The summed E-state index contributed by atoms with van der Waals surface area (Å²) in [6, 6.07) is 18.3. The zero-order valence-electron chi connectivity index (χ0n) is 16.6. The van der Waals surface area contributed by atoms with Crippen LogP contribution in [0.2, 0.25) is 0 Å². The molecule has 6 nitrogen and oxygen atoms in total. The molecule has 0 unspecified atom stereocenters. The first-order valence-electron chi connectivity index (χ1n) is 9.70. The number of nitrogens with zero attached hydrogens (tertiary/aromatic N) is 2. The second-order valence-electron chi connectivity index (χ2n) is 7.26. The number of rotatable bonds is 6. The van der Waals surface area contributed by atoms with Gasteiger partial charge in [-0.25, -0.2) is 4.99 Å². The van der Waals surface area contributed by atoms with E-state index in [9.17, 15) is 4.79 Å². The number of hydrogen-bond acceptors (Lipinski definition) is 5. The smallest absolute Gasteiger partial charge is 0.211 e. The number of ether oxygens (including phenoxy) is 1. The third-order valence-corrected chi connectivity index (χ3v) is 5.09. The van der Waals surface area contributed by atoms with E-state index in [4.69, 9.17) is 15.9 Å². The summed E-state index contributed by atoms with van der Waals surface area (Å²) in [5, 5.41) is 8.49. The Morgan fingerprint density at radius 1 is 1.10 bits per heavy atom. The highest BCUT2D eigenvalue weighted by Crippen LogP contribution is 2.27. The number of ketones is 1. The number of hydrogen-bond donors (Lipinski definition) is 2. The first-order chi connectivity index (χ1) is 14.5. The minimum Gasteiger partial charge on any atom is -0.383 e. The highest BCUT2D eigenvalue weighted by molar-refractivity contribution is 6.51. The topological polar surface area (TPSA) is 101 Å². The number of Topliss-reactive ketones (excluding diaryl/α,β-unsaturated/α-hetero) is 1. The van der Waals surface area contributed by atoms with Gasteiger partial charge < -0.3 is 10.5 Å². The molecule has 1 saturated heterocycles. The molecule has 3 N–H and O–H groups in total. The maximum Gasteiger partial charge on any atom is 0.211 e. The molecule has 0 bridgehead atoms. The lowest BCUT2D eigenvalue weighted by Gasteiger charge is -2.26. The van der Waals surface area contributed by atoms with Crippen LogP contribution in [0.3, 0.4) is 0 Å². The maximum atomic E-state index is 12.8. The fraction of sp³-hybridized carbons (Fsp3) is 0.167. The average molecular weight is 398 g/mol. The van der Waals surface area contributed by atoms with Gasteiger partial charge in [-0.05, 0) is 36.8 Å². The highest BCUT2D eigenvalue weighted by Gasteiger charge is 2.21. The van der Waals surface area contributed by atoms with Gasteiger partial charge >= 0.3 is 0 Å². The van der Waals surface area contributed by atoms with Crippen LogP contribution < -0.4 is 5.73 Å². The average Bonchev–Trinajstić information content (AvgIpc) is 2.72. The molecule has 150 valence electrons. The lowest BCUT2D eigenvalue weighted by atomic mass is 9.96. The summed E-state index contributed by atoms with van der Waals surface area (Å²) >= 11 is 0. The minimum absolute atomic E-state index is 0.130. The second kappa shape index (κ2) is 8.39. The quantitative estimate of drug-likeness (QED) is 0.375. The van der Waals surface area contributed by atoms with E-state index < -0.39 is 0 Å². The number of pyridine rings is 1. The summed E-state index contributed by atoms with van der Waals surface area (Å²) in [7, 11) is 0. The Morgan fingerprint density at radius 2 is 1.87 bits per heavy atom. The van der Waals surface area contributed by atoms with Gasteiger partial charge in [-0.3, -0.25) is 15.2 Å². The van der Waals surface area contributed by atoms with Crippen LogP contribution in [0, 0.1) is 12.3 Å². The van der Waals surface area contributed by atoms with Crippen molar-refractivity contribution in [1.82, 2.24) is 4.98 Å². The van der Waals surface area contributed by atoms with Crippen LogP contribution >= 0.6 is 0 Å². The number of aromatic nitrogens is 1. The first kappa shape index (κ1) is 19.7. The number of nitrogens with two attached hydrogens (primary N) is 1. The molecule has 0 spiro atoms. The molecule has 0 atom stereocenters. The van der Waals surface area contributed by atoms with Crippen molar-refractivity contribution in [3.63, 3.8) is 0 Å². The number of carbonyl (C=O) groups excluding carboxylic acids is 1. The van der Waals surface area contributed by atoms with E-state index in [-0.39, 0.29) is 17.3 Å². The van der Waals surface area contributed by atoms with Crippen LogP contribution in [0.5, 0.6) is 0 Å². The van der Waals surface area contributed by atoms with Gasteiger partial charge in [0.1, 0.15) is 11.5 Å². The van der Waals surface area contributed by atoms with E-state index in [0.717, 1.165) is 24.6 Å². The van der Waals surface area contributed by atoms with Crippen molar-refractivity contribution >= 4 is 23.0 Å². The Morgan fingerprint density at radius 3 is 2.57 bits per heavy atom. The molecule has 1 fully saturated rings. The van der Waals surface area contributed by atoms with Gasteiger partial charge in [-0.15, -0.1) is 0 Å². The Bertz CT molecular complexity index is 1150. The normalized spacial score (nSPS) is 14.2. The molecule has 30 heavy (non-hydrogen) atoms. The van der Waals surface area contributed by atoms with Crippen molar-refractivity contribution in [2.45, 2.75) is 12.8 Å². The van der Waals surface area contributed by atoms with Crippen molar-refractivity contribution in [2.75, 3.05) is 13.2 Å². The van der Waals surface area contributed by atoms with Gasteiger partial charge in [0.25, 0.3) is 0 Å². The van der Waals surface area contributed by atoms with Gasteiger partial charge in [0.15, 0.2) is 0 Å². The van der Waals surface area contributed by atoms with Crippen molar-refractivity contribution in [3.05, 3.63) is 94.8 Å². The predicted molar refractivity (Wildman–Crippen MR) is 117 cm³/mol. The highest BCUT2D eigenvalue weighted by atomic mass is 16.5. The van der Waals surface area contributed by atoms with Gasteiger partial charge in [0, 0.05) is 34.5 Å². The van der Waals surface area contributed by atoms with E-state index in [1.807, 2.05) is 31.2 Å². The Kier molecular flexibility index (Phi) is 5.50. The first-order valence-corrected chi connectivity index (χ1v) is 9.70. The molecule has 4 rings (SSSR count). The fourth-order valence-electron chi connectivity index (χ4n) is 3.35. The van der Waals surface area contributed by atoms with E-state index in [1.165, 1.54) is 5.56 Å². The molecule has 0 aliphatic carbocycles. The second-order valence-corrected chi connectivity index (χ2v) is 7.26. The van der Waals surface area contributed by atoms with Crippen LogP contribution in [0.1, 0.15) is 38.7 Å². The van der Waals surface area contributed by atoms with Gasteiger partial charge in [0.2, 0.25) is 5.78 Å². The fourth-order valence-corrected chi connectivity index (χ4v) is 3.35. The molecule has 0 radical (unpaired) electrons. The molecule has 3 aromatic rings. The Balaban J connectivity index is 1.65. The molecule has 2 aromatic carbocycles. The molecular formula is C24H22N4O2. The van der Waals surface area contributed by atoms with E-state index in [1.54, 1.807) is 36.5 Å². The summed E-state index contributed by atoms with van der Waals surface area (Å²) in [6.45, 7) is 3.25. The van der Waals surface area contributed by atoms with Crippen LogP contribution in [-0.4, -0.2) is 35.5 Å². The summed E-state index contributed by atoms with van der Waals surface area (Å²) in [5.41, 5.74) is 10.2. The minimum atomic E-state index is -0.382. The number of nitrogens with one attached hydrogen (secondary N) is 1. The number of carbonyl (C=O) groups is 1. The number of aryl methyl sites for hydroxylation is 1. The molecule has 0 amide bonds. The van der Waals surface area contributed by atoms with Gasteiger partial charge in [-0.1, -0.05) is 36.4 Å². The SMILES string of the molecule is Cc1cc(C(=O)C(=N)c2ccccc2C(N)=Nc2cccc(C3COC3)c2)ccn1. The van der Waals surface area contributed by atoms with Gasteiger partial charge in [0.05, 0.1) is 18.9 Å². The molecule has 1 aliphatic heterocycles. The zero-order chi connectivity index (χ0) is 21.1. The predicted octanol–water partition coefficient (Wildman–Crippen LogP) is 3.79. The molecule has 1 aromatic heterocycles. The van der Waals surface area contributed by atoms with E-state index in [0.29, 0.717) is 22.6 Å². The zero-order valence-corrected chi connectivity index (χ0v) is 16.6. The molecule has 1 aliphatic rings. The van der Waals surface area contributed by atoms with Crippen molar-refractivity contribution in [2.24, 2.45) is 10.7 Å². The standard InChI is InChI=1S/C24H22N4O2/c1-15-11-17(9-10-27-15)23(29)22(25)20-7-2-3-8-21(20)24(26)28-19-6-4-5-16(12-19)18-13-30-14-18/h2-12,18,25H,13-14H2,1H3,(H2,26,28). The third-order valence-electron chi connectivity index (χ3n) is 5.09. The Labute approximate surface area is 175 Å². The summed E-state index contributed by atoms with van der Waals surface area (Å²) in [4.78, 5) is 21.5. The molecular weight excluding hydrogens is 376 g/mol. The summed E-state index contributed by atoms with van der Waals surface area (Å²) < 4.78 is 5.27. The maximum absolute atomic E-state index is 12.8. The lowest BCUT2D eigenvalue weighted by molar-refractivity contribution is 0.00844. The number of benzene rings is 2. The third kappa shape index (κ3) is 4.04. The van der Waals surface area contributed by atoms with Crippen LogP contribution in [0.4, 0.5) is 5.69 Å². The largest absolute Gasteiger partial charge is 0.383 e. The summed E-state index contributed by atoms with van der Waals surface area (Å²) in [6.07, 6.45) is 1.57. The molecule has 6 heteroatoms. The van der Waals surface area contributed by atoms with Crippen LogP contribution in [0.15, 0.2) is 71.9 Å². The van der Waals surface area contributed by atoms with Crippen molar-refractivity contribution in [3.8, 4) is 0 Å². The lowest BCUT2D eigenvalue weighted by Crippen LogP contribution is -2.24. The van der Waals surface area contributed by atoms with E-state index in [2.05, 4.69) is 16.0 Å². The van der Waals surface area contributed by atoms with Crippen molar-refractivity contribution in [1.29, 1.82) is 5.41 Å². The molecule has 2 heterocycles. The van der Waals surface area contributed by atoms with Crippen LogP contribution in [-0.2, 0) is 4.74 Å².